The number of carbonyl (C=O) groups is 1. The second-order valence-corrected chi connectivity index (χ2v) is 7.52. The van der Waals surface area contributed by atoms with Gasteiger partial charge in [-0.25, -0.2) is 4.98 Å². The van der Waals surface area contributed by atoms with Gasteiger partial charge in [0, 0.05) is 48.0 Å². The van der Waals surface area contributed by atoms with E-state index in [0.717, 1.165) is 30.7 Å². The fraction of sp³-hybridized carbons (Fsp3) is 0.391. The Balaban J connectivity index is 1.39. The van der Waals surface area contributed by atoms with E-state index in [2.05, 4.69) is 39.2 Å². The first kappa shape index (κ1) is 18.5. The monoisotopic (exact) mass is 376 g/mol. The predicted molar refractivity (Wildman–Crippen MR) is 114 cm³/mol. The Hall–Kier alpha value is -2.82. The van der Waals surface area contributed by atoms with Gasteiger partial charge in [-0.15, -0.1) is 0 Å². The van der Waals surface area contributed by atoms with Crippen molar-refractivity contribution in [1.29, 1.82) is 0 Å². The number of carbonyl (C=O) groups excluding carboxylic acids is 1. The largest absolute Gasteiger partial charge is 0.361 e. The number of anilines is 1. The normalized spacial score (nSPS) is 17.0. The molecule has 3 heterocycles. The molecule has 28 heavy (non-hydrogen) atoms. The van der Waals surface area contributed by atoms with E-state index in [4.69, 9.17) is 0 Å². The maximum Gasteiger partial charge on any atom is 0.251 e. The molecular formula is C23H28N4O. The van der Waals surface area contributed by atoms with Gasteiger partial charge in [-0.1, -0.05) is 25.1 Å². The number of aromatic nitrogens is 2. The van der Waals surface area contributed by atoms with Gasteiger partial charge in [-0.2, -0.15) is 0 Å². The van der Waals surface area contributed by atoms with E-state index in [1.165, 1.54) is 30.2 Å². The Labute approximate surface area is 166 Å². The van der Waals surface area contributed by atoms with Gasteiger partial charge in [0.25, 0.3) is 5.91 Å². The second kappa shape index (κ2) is 8.46. The number of pyridine rings is 1. The second-order valence-electron chi connectivity index (χ2n) is 7.52. The molecule has 1 aliphatic heterocycles. The molecule has 1 aliphatic rings. The van der Waals surface area contributed by atoms with Gasteiger partial charge >= 0.3 is 0 Å². The third kappa shape index (κ3) is 3.88. The van der Waals surface area contributed by atoms with Crippen LogP contribution in [0.3, 0.4) is 0 Å². The lowest BCUT2D eigenvalue weighted by molar-refractivity contribution is 0.0954. The predicted octanol–water partition coefficient (Wildman–Crippen LogP) is 4.30. The van der Waals surface area contributed by atoms with Crippen molar-refractivity contribution in [3.8, 4) is 0 Å². The number of H-pyrrole nitrogens is 1. The van der Waals surface area contributed by atoms with E-state index in [0.29, 0.717) is 18.2 Å². The maximum atomic E-state index is 12.7. The van der Waals surface area contributed by atoms with Crippen molar-refractivity contribution >= 4 is 22.6 Å². The summed E-state index contributed by atoms with van der Waals surface area (Å²) in [6.07, 6.45) is 9.38. The summed E-state index contributed by atoms with van der Waals surface area (Å²) in [5.41, 5.74) is 3.05. The van der Waals surface area contributed by atoms with Crippen LogP contribution >= 0.6 is 0 Å². The average Bonchev–Trinajstić information content (AvgIpc) is 3.17. The number of benzene rings is 1. The SMILES string of the molecule is CCC1CCCCN1c1cc(C(=O)NCCc2c[nH]c3ccccc23)ccn1. The van der Waals surface area contributed by atoms with Gasteiger partial charge in [-0.3, -0.25) is 4.79 Å². The summed E-state index contributed by atoms with van der Waals surface area (Å²) in [7, 11) is 0. The highest BCUT2D eigenvalue weighted by Crippen LogP contribution is 2.25. The highest BCUT2D eigenvalue weighted by Gasteiger charge is 2.22. The first-order valence-electron chi connectivity index (χ1n) is 10.3. The number of fused-ring (bicyclic) bond motifs is 1. The molecule has 1 amide bonds. The number of nitrogens with one attached hydrogen (secondary N) is 2. The summed E-state index contributed by atoms with van der Waals surface area (Å²) in [5.74, 6) is 0.893. The van der Waals surface area contributed by atoms with Gasteiger partial charge in [0.2, 0.25) is 0 Å². The quantitative estimate of drug-likeness (QED) is 0.674. The lowest BCUT2D eigenvalue weighted by Crippen LogP contribution is -2.39. The molecule has 1 saturated heterocycles. The van der Waals surface area contributed by atoms with E-state index < -0.39 is 0 Å². The van der Waals surface area contributed by atoms with Gasteiger partial charge < -0.3 is 15.2 Å². The van der Waals surface area contributed by atoms with Gasteiger partial charge in [-0.05, 0) is 55.9 Å². The number of amides is 1. The minimum Gasteiger partial charge on any atom is -0.361 e. The third-order valence-electron chi connectivity index (χ3n) is 5.76. The van der Waals surface area contributed by atoms with Gasteiger partial charge in [0.1, 0.15) is 5.82 Å². The Bertz CT molecular complexity index is 948. The van der Waals surface area contributed by atoms with Crippen LogP contribution in [0.25, 0.3) is 10.9 Å². The molecule has 1 atom stereocenters. The molecule has 0 spiro atoms. The number of hydrogen-bond donors (Lipinski definition) is 2. The smallest absolute Gasteiger partial charge is 0.251 e. The molecule has 0 bridgehead atoms. The fourth-order valence-electron chi connectivity index (χ4n) is 4.19. The van der Waals surface area contributed by atoms with E-state index in [-0.39, 0.29) is 5.91 Å². The van der Waals surface area contributed by atoms with Crippen molar-refractivity contribution in [2.75, 3.05) is 18.0 Å². The topological polar surface area (TPSA) is 61.0 Å². The Morgan fingerprint density at radius 1 is 1.29 bits per heavy atom. The zero-order valence-corrected chi connectivity index (χ0v) is 16.4. The number of aromatic amines is 1. The Morgan fingerprint density at radius 2 is 2.18 bits per heavy atom. The number of para-hydroxylation sites is 1. The van der Waals surface area contributed by atoms with Crippen LogP contribution < -0.4 is 10.2 Å². The highest BCUT2D eigenvalue weighted by molar-refractivity contribution is 5.94. The van der Waals surface area contributed by atoms with E-state index in [1.807, 2.05) is 24.4 Å². The van der Waals surface area contributed by atoms with Crippen LogP contribution in [0.4, 0.5) is 5.82 Å². The maximum absolute atomic E-state index is 12.7. The molecule has 0 radical (unpaired) electrons. The molecule has 1 aromatic carbocycles. The summed E-state index contributed by atoms with van der Waals surface area (Å²) >= 11 is 0. The van der Waals surface area contributed by atoms with Crippen LogP contribution in [0.1, 0.15) is 48.5 Å². The minimum absolute atomic E-state index is 0.0338. The van der Waals surface area contributed by atoms with Crippen LogP contribution in [-0.2, 0) is 6.42 Å². The highest BCUT2D eigenvalue weighted by atomic mass is 16.1. The molecule has 5 heteroatoms. The molecule has 4 rings (SSSR count). The zero-order chi connectivity index (χ0) is 19.3. The van der Waals surface area contributed by atoms with E-state index in [1.54, 1.807) is 12.3 Å². The first-order chi connectivity index (χ1) is 13.8. The van der Waals surface area contributed by atoms with Gasteiger partial charge in [0.15, 0.2) is 0 Å². The zero-order valence-electron chi connectivity index (χ0n) is 16.4. The molecule has 0 aliphatic carbocycles. The van der Waals surface area contributed by atoms with Crippen molar-refractivity contribution in [3.63, 3.8) is 0 Å². The molecule has 0 saturated carbocycles. The molecule has 2 aromatic heterocycles. The molecule has 3 aromatic rings. The van der Waals surface area contributed by atoms with E-state index in [9.17, 15) is 4.79 Å². The minimum atomic E-state index is -0.0338. The molecule has 1 fully saturated rings. The Morgan fingerprint density at radius 3 is 3.07 bits per heavy atom. The summed E-state index contributed by atoms with van der Waals surface area (Å²) in [5, 5.41) is 4.28. The van der Waals surface area contributed by atoms with Crippen LogP contribution in [0.5, 0.6) is 0 Å². The molecule has 2 N–H and O–H groups in total. The standard InChI is InChI=1S/C23H28N4O/c1-2-19-7-5-6-14-27(19)22-15-17(10-12-24-22)23(28)25-13-11-18-16-26-21-9-4-3-8-20(18)21/h3-4,8-10,12,15-16,19,26H,2,5-7,11,13-14H2,1H3,(H,25,28). The van der Waals surface area contributed by atoms with Crippen molar-refractivity contribution in [1.82, 2.24) is 15.3 Å². The van der Waals surface area contributed by atoms with Gasteiger partial charge in [0.05, 0.1) is 0 Å². The van der Waals surface area contributed by atoms with E-state index >= 15 is 0 Å². The lowest BCUT2D eigenvalue weighted by Gasteiger charge is -2.36. The lowest BCUT2D eigenvalue weighted by atomic mass is 10.00. The number of piperidine rings is 1. The van der Waals surface area contributed by atoms with Crippen molar-refractivity contribution in [3.05, 3.63) is 59.9 Å². The summed E-state index contributed by atoms with van der Waals surface area (Å²) in [4.78, 5) is 22.9. The fourth-order valence-corrected chi connectivity index (χ4v) is 4.19. The molecule has 146 valence electrons. The molecular weight excluding hydrogens is 348 g/mol. The van der Waals surface area contributed by atoms with Crippen LogP contribution in [0.15, 0.2) is 48.8 Å². The summed E-state index contributed by atoms with van der Waals surface area (Å²) in [6, 6.07) is 12.5. The summed E-state index contributed by atoms with van der Waals surface area (Å²) < 4.78 is 0. The third-order valence-corrected chi connectivity index (χ3v) is 5.76. The van der Waals surface area contributed by atoms with Crippen LogP contribution in [0, 0.1) is 0 Å². The van der Waals surface area contributed by atoms with Crippen molar-refractivity contribution in [2.24, 2.45) is 0 Å². The van der Waals surface area contributed by atoms with Crippen LogP contribution in [0.2, 0.25) is 0 Å². The Kier molecular flexibility index (Phi) is 5.60. The van der Waals surface area contributed by atoms with Crippen molar-refractivity contribution in [2.45, 2.75) is 45.1 Å². The molecule has 5 nitrogen and oxygen atoms in total. The van der Waals surface area contributed by atoms with Crippen molar-refractivity contribution < 1.29 is 4.79 Å². The average molecular weight is 377 g/mol. The number of hydrogen-bond acceptors (Lipinski definition) is 3. The molecule has 1 unspecified atom stereocenters. The summed E-state index contributed by atoms with van der Waals surface area (Å²) in [6.45, 7) is 3.86. The number of nitrogens with zero attached hydrogens (tertiary/aromatic N) is 2. The first-order valence-corrected chi connectivity index (χ1v) is 10.3. The number of rotatable bonds is 6. The van der Waals surface area contributed by atoms with Crippen LogP contribution in [-0.4, -0.2) is 35.0 Å².